The number of nitrogens with one attached hydrogen (secondary N) is 1. The first-order chi connectivity index (χ1) is 13.0. The highest BCUT2D eigenvalue weighted by Crippen LogP contribution is 2.14. The van der Waals surface area contributed by atoms with Crippen LogP contribution < -0.4 is 10.9 Å². The van der Waals surface area contributed by atoms with Gasteiger partial charge < -0.3 is 9.88 Å². The highest BCUT2D eigenvalue weighted by atomic mass is 16.2. The zero-order chi connectivity index (χ0) is 19.0. The van der Waals surface area contributed by atoms with Crippen molar-refractivity contribution in [1.29, 1.82) is 0 Å². The fourth-order valence-corrected chi connectivity index (χ4v) is 3.18. The average Bonchev–Trinajstić information content (AvgIpc) is 3.18. The van der Waals surface area contributed by atoms with Crippen LogP contribution in [0.4, 0.5) is 0 Å². The molecule has 1 N–H and O–H groups in total. The van der Waals surface area contributed by atoms with E-state index in [4.69, 9.17) is 0 Å². The molecule has 0 aliphatic carbocycles. The zero-order valence-electron chi connectivity index (χ0n) is 15.1. The number of aryl methyl sites for hydroxylation is 2. The third-order valence-corrected chi connectivity index (χ3v) is 4.54. The predicted molar refractivity (Wildman–Crippen MR) is 100 cm³/mol. The number of nitrogens with zero attached hydrogens (tertiary/aromatic N) is 6. The first kappa shape index (κ1) is 17.0. The molecule has 27 heavy (non-hydrogen) atoms. The normalized spacial score (nSPS) is 11.3. The van der Waals surface area contributed by atoms with Crippen LogP contribution >= 0.6 is 0 Å². The molecule has 0 radical (unpaired) electrons. The lowest BCUT2D eigenvalue weighted by Crippen LogP contribution is -2.34. The lowest BCUT2D eigenvalue weighted by atomic mass is 10.3. The Morgan fingerprint density at radius 3 is 2.93 bits per heavy atom. The number of hydrogen-bond donors (Lipinski definition) is 1. The van der Waals surface area contributed by atoms with E-state index in [0.29, 0.717) is 24.1 Å². The summed E-state index contributed by atoms with van der Waals surface area (Å²) >= 11 is 0. The molecule has 0 aliphatic rings. The molecule has 9 heteroatoms. The standard InChI is InChI=1S/C18H19N7O2/c1-12-22-14-5-3-4-6-15(14)25(12)8-7-19-16(26)10-24-11-20-17-13(18(24)27)9-21-23(17)2/h3-6,9,11H,7-8,10H2,1-2H3,(H,19,26). The summed E-state index contributed by atoms with van der Waals surface area (Å²) in [4.78, 5) is 33.3. The summed E-state index contributed by atoms with van der Waals surface area (Å²) in [6, 6.07) is 7.88. The lowest BCUT2D eigenvalue weighted by molar-refractivity contribution is -0.121. The highest BCUT2D eigenvalue weighted by Gasteiger charge is 2.11. The number of carbonyl (C=O) groups excluding carboxylic acids is 1. The number of aromatic nitrogens is 6. The summed E-state index contributed by atoms with van der Waals surface area (Å²) in [5, 5.41) is 7.26. The molecule has 3 heterocycles. The topological polar surface area (TPSA) is 99.6 Å². The van der Waals surface area contributed by atoms with Crippen molar-refractivity contribution in [1.82, 2.24) is 34.2 Å². The van der Waals surface area contributed by atoms with Crippen molar-refractivity contribution in [2.75, 3.05) is 6.54 Å². The largest absolute Gasteiger partial charge is 0.353 e. The monoisotopic (exact) mass is 365 g/mol. The first-order valence-corrected chi connectivity index (χ1v) is 8.60. The molecule has 9 nitrogen and oxygen atoms in total. The molecule has 1 aromatic carbocycles. The van der Waals surface area contributed by atoms with Gasteiger partial charge in [-0.15, -0.1) is 0 Å². The highest BCUT2D eigenvalue weighted by molar-refractivity contribution is 5.77. The van der Waals surface area contributed by atoms with Gasteiger partial charge in [-0.05, 0) is 19.1 Å². The quantitative estimate of drug-likeness (QED) is 0.558. The van der Waals surface area contributed by atoms with Gasteiger partial charge in [0, 0.05) is 20.1 Å². The van der Waals surface area contributed by atoms with E-state index < -0.39 is 0 Å². The van der Waals surface area contributed by atoms with Crippen molar-refractivity contribution in [2.24, 2.45) is 7.05 Å². The molecule has 3 aromatic heterocycles. The van der Waals surface area contributed by atoms with Gasteiger partial charge in [-0.2, -0.15) is 5.10 Å². The molecule has 0 aliphatic heterocycles. The van der Waals surface area contributed by atoms with Gasteiger partial charge in [0.25, 0.3) is 5.56 Å². The summed E-state index contributed by atoms with van der Waals surface area (Å²) < 4.78 is 4.88. The Kier molecular flexibility index (Phi) is 4.19. The second-order valence-electron chi connectivity index (χ2n) is 6.33. The number of carbonyl (C=O) groups is 1. The van der Waals surface area contributed by atoms with E-state index >= 15 is 0 Å². The van der Waals surface area contributed by atoms with Gasteiger partial charge in [0.05, 0.1) is 17.2 Å². The second kappa shape index (κ2) is 6.67. The third-order valence-electron chi connectivity index (χ3n) is 4.54. The van der Waals surface area contributed by atoms with Gasteiger partial charge in [0.15, 0.2) is 5.65 Å². The van der Waals surface area contributed by atoms with Crippen LogP contribution in [0.15, 0.2) is 41.6 Å². The fraction of sp³-hybridized carbons (Fsp3) is 0.278. The molecular weight excluding hydrogens is 346 g/mol. The van der Waals surface area contributed by atoms with Gasteiger partial charge >= 0.3 is 0 Å². The summed E-state index contributed by atoms with van der Waals surface area (Å²) in [5.41, 5.74) is 2.19. The second-order valence-corrected chi connectivity index (χ2v) is 6.33. The number of fused-ring (bicyclic) bond motifs is 2. The van der Waals surface area contributed by atoms with Gasteiger partial charge in [0.1, 0.15) is 24.1 Å². The molecular formula is C18H19N7O2. The molecule has 0 bridgehead atoms. The van der Waals surface area contributed by atoms with Crippen LogP contribution in [0.5, 0.6) is 0 Å². The molecule has 0 saturated carbocycles. The summed E-state index contributed by atoms with van der Waals surface area (Å²) in [5.74, 6) is 0.650. The van der Waals surface area contributed by atoms with Crippen molar-refractivity contribution in [3.63, 3.8) is 0 Å². The number of hydrogen-bond acceptors (Lipinski definition) is 5. The van der Waals surface area contributed by atoms with E-state index in [2.05, 4.69) is 25.0 Å². The third kappa shape index (κ3) is 3.07. The summed E-state index contributed by atoms with van der Waals surface area (Å²) in [7, 11) is 1.72. The predicted octanol–water partition coefficient (Wildman–Crippen LogP) is 0.605. The van der Waals surface area contributed by atoms with Crippen molar-refractivity contribution < 1.29 is 4.79 Å². The van der Waals surface area contributed by atoms with E-state index in [0.717, 1.165) is 16.9 Å². The average molecular weight is 365 g/mol. The van der Waals surface area contributed by atoms with Gasteiger partial charge in [0.2, 0.25) is 5.91 Å². The maximum absolute atomic E-state index is 12.4. The van der Waals surface area contributed by atoms with Crippen molar-refractivity contribution in [3.8, 4) is 0 Å². The SMILES string of the molecule is Cc1nc2ccccc2n1CCNC(=O)Cn1cnc2c(cnn2C)c1=O. The maximum atomic E-state index is 12.4. The minimum atomic E-state index is -0.278. The van der Waals surface area contributed by atoms with Crippen LogP contribution in [-0.4, -0.2) is 41.3 Å². The first-order valence-electron chi connectivity index (χ1n) is 8.60. The van der Waals surface area contributed by atoms with Crippen LogP contribution in [0.2, 0.25) is 0 Å². The molecule has 4 aromatic rings. The van der Waals surface area contributed by atoms with E-state index in [1.807, 2.05) is 31.2 Å². The van der Waals surface area contributed by atoms with Crippen molar-refractivity contribution in [2.45, 2.75) is 20.0 Å². The van der Waals surface area contributed by atoms with Crippen LogP contribution in [0.3, 0.4) is 0 Å². The van der Waals surface area contributed by atoms with Crippen LogP contribution in [0, 0.1) is 6.92 Å². The maximum Gasteiger partial charge on any atom is 0.264 e. The lowest BCUT2D eigenvalue weighted by Gasteiger charge is -2.09. The van der Waals surface area contributed by atoms with Gasteiger partial charge in [-0.3, -0.25) is 18.8 Å². The number of imidazole rings is 1. The van der Waals surface area contributed by atoms with Crippen LogP contribution in [0.1, 0.15) is 5.82 Å². The minimum absolute atomic E-state index is 0.0830. The van der Waals surface area contributed by atoms with Crippen LogP contribution in [0.25, 0.3) is 22.1 Å². The Balaban J connectivity index is 1.42. The number of amides is 1. The van der Waals surface area contributed by atoms with E-state index in [9.17, 15) is 9.59 Å². The molecule has 0 unspecified atom stereocenters. The van der Waals surface area contributed by atoms with Crippen molar-refractivity contribution >= 4 is 28.0 Å². The Bertz CT molecular complexity index is 1200. The summed E-state index contributed by atoms with van der Waals surface area (Å²) in [6.45, 7) is 2.90. The molecule has 0 atom stereocenters. The fourth-order valence-electron chi connectivity index (χ4n) is 3.18. The number of rotatable bonds is 5. The number of para-hydroxylation sites is 2. The molecule has 4 rings (SSSR count). The van der Waals surface area contributed by atoms with Crippen LogP contribution in [-0.2, 0) is 24.9 Å². The van der Waals surface area contributed by atoms with E-state index in [-0.39, 0.29) is 18.0 Å². The molecule has 1 amide bonds. The zero-order valence-corrected chi connectivity index (χ0v) is 15.1. The molecule has 0 saturated heterocycles. The van der Waals surface area contributed by atoms with Crippen molar-refractivity contribution in [3.05, 3.63) is 53.0 Å². The Morgan fingerprint density at radius 2 is 2.07 bits per heavy atom. The Labute approximate surface area is 154 Å². The smallest absolute Gasteiger partial charge is 0.264 e. The minimum Gasteiger partial charge on any atom is -0.353 e. The van der Waals surface area contributed by atoms with E-state index in [1.165, 1.54) is 21.8 Å². The summed E-state index contributed by atoms with van der Waals surface area (Å²) in [6.07, 6.45) is 2.84. The Hall–Kier alpha value is -3.49. The molecule has 0 fully saturated rings. The van der Waals surface area contributed by atoms with Gasteiger partial charge in [-0.25, -0.2) is 9.97 Å². The van der Waals surface area contributed by atoms with E-state index in [1.54, 1.807) is 7.05 Å². The molecule has 138 valence electrons. The number of benzene rings is 1. The molecule has 0 spiro atoms. The van der Waals surface area contributed by atoms with Gasteiger partial charge in [-0.1, -0.05) is 12.1 Å². The Morgan fingerprint density at radius 1 is 1.26 bits per heavy atom.